The van der Waals surface area contributed by atoms with Crippen LogP contribution in [-0.2, 0) is 9.59 Å². The first kappa shape index (κ1) is 15.7. The predicted octanol–water partition coefficient (Wildman–Crippen LogP) is 3.13. The summed E-state index contributed by atoms with van der Waals surface area (Å²) in [5.41, 5.74) is -0.0958. The molecule has 0 unspecified atom stereocenters. The third-order valence-electron chi connectivity index (χ3n) is 2.93. The van der Waals surface area contributed by atoms with E-state index < -0.39 is 11.4 Å². The topological polar surface area (TPSA) is 66.4 Å². The summed E-state index contributed by atoms with van der Waals surface area (Å²) in [5, 5.41) is 11.8. The van der Waals surface area contributed by atoms with Crippen LogP contribution >= 0.6 is 15.9 Å². The third-order valence-corrected chi connectivity index (χ3v) is 3.65. The number of hydrogen-bond acceptors (Lipinski definition) is 2. The Kier molecular flexibility index (Phi) is 5.11. The Balaban J connectivity index is 2.68. The largest absolute Gasteiger partial charge is 0.481 e. The maximum atomic E-state index is 11.9. The monoisotopic (exact) mass is 327 g/mol. The summed E-state index contributed by atoms with van der Waals surface area (Å²) in [6.45, 7) is 4.95. The molecular weight excluding hydrogens is 310 g/mol. The van der Waals surface area contributed by atoms with Crippen molar-refractivity contribution in [2.75, 3.05) is 0 Å². The van der Waals surface area contributed by atoms with Gasteiger partial charge in [0.15, 0.2) is 0 Å². The summed E-state index contributed by atoms with van der Waals surface area (Å²) < 4.78 is 0.917. The van der Waals surface area contributed by atoms with Crippen molar-refractivity contribution in [1.82, 2.24) is 5.32 Å². The summed E-state index contributed by atoms with van der Waals surface area (Å²) >= 11 is 3.43. The first-order chi connectivity index (χ1) is 8.74. The van der Waals surface area contributed by atoms with Gasteiger partial charge in [0.05, 0.1) is 11.5 Å². The van der Waals surface area contributed by atoms with E-state index >= 15 is 0 Å². The number of carboxylic acid groups (broad SMARTS) is 1. The summed E-state index contributed by atoms with van der Waals surface area (Å²) in [4.78, 5) is 22.8. The van der Waals surface area contributed by atoms with Crippen molar-refractivity contribution < 1.29 is 14.7 Å². The first-order valence-electron chi connectivity index (χ1n) is 6.01. The number of nitrogens with one attached hydrogen (secondary N) is 1. The maximum Gasteiger partial charge on any atom is 0.309 e. The Labute approximate surface area is 121 Å². The second-order valence-corrected chi connectivity index (χ2v) is 6.03. The van der Waals surface area contributed by atoms with Crippen molar-refractivity contribution >= 4 is 27.8 Å². The Morgan fingerprint density at radius 3 is 2.47 bits per heavy atom. The minimum Gasteiger partial charge on any atom is -0.481 e. The summed E-state index contributed by atoms with van der Waals surface area (Å²) in [6, 6.07) is 7.43. The highest BCUT2D eigenvalue weighted by Gasteiger charge is 2.30. The summed E-state index contributed by atoms with van der Waals surface area (Å²) in [5.74, 6) is -1.24. The zero-order valence-electron chi connectivity index (χ0n) is 11.2. The predicted molar refractivity (Wildman–Crippen MR) is 76.7 cm³/mol. The lowest BCUT2D eigenvalue weighted by Crippen LogP contribution is -2.34. The molecule has 1 amide bonds. The number of amides is 1. The number of rotatable bonds is 5. The van der Waals surface area contributed by atoms with Crippen molar-refractivity contribution in [1.29, 1.82) is 0 Å². The van der Waals surface area contributed by atoms with E-state index in [1.165, 1.54) is 13.8 Å². The van der Waals surface area contributed by atoms with Crippen molar-refractivity contribution in [3.8, 4) is 0 Å². The number of carbonyl (C=O) groups is 2. The molecule has 19 heavy (non-hydrogen) atoms. The molecule has 1 aromatic carbocycles. The standard InChI is InChI=1S/C14H18BrNO3/c1-9(10-6-4-5-7-11(10)15)16-12(17)8-14(2,3)13(18)19/h4-7,9H,8H2,1-3H3,(H,16,17)(H,18,19)/t9-/m1/s1. The van der Waals surface area contributed by atoms with Crippen molar-refractivity contribution in [3.05, 3.63) is 34.3 Å². The molecular formula is C14H18BrNO3. The fourth-order valence-electron chi connectivity index (χ4n) is 1.67. The van der Waals surface area contributed by atoms with Gasteiger partial charge in [0.2, 0.25) is 5.91 Å². The zero-order valence-corrected chi connectivity index (χ0v) is 12.8. The SMILES string of the molecule is C[C@@H](NC(=O)CC(C)(C)C(=O)O)c1ccccc1Br. The van der Waals surface area contributed by atoms with E-state index in [1.807, 2.05) is 31.2 Å². The van der Waals surface area contributed by atoms with Crippen LogP contribution in [0.1, 0.15) is 38.8 Å². The van der Waals surface area contributed by atoms with Crippen molar-refractivity contribution in [2.24, 2.45) is 5.41 Å². The number of benzene rings is 1. The fourth-order valence-corrected chi connectivity index (χ4v) is 2.30. The minimum atomic E-state index is -1.06. The number of halogens is 1. The van der Waals surface area contributed by atoms with Gasteiger partial charge in [-0.2, -0.15) is 0 Å². The zero-order chi connectivity index (χ0) is 14.6. The van der Waals surface area contributed by atoms with Crippen LogP contribution in [0.2, 0.25) is 0 Å². The molecule has 1 rings (SSSR count). The highest BCUT2D eigenvalue weighted by Crippen LogP contribution is 2.24. The van der Waals surface area contributed by atoms with Crippen LogP contribution in [0.3, 0.4) is 0 Å². The Hall–Kier alpha value is -1.36. The number of carboxylic acids is 1. The van der Waals surface area contributed by atoms with Gasteiger partial charge in [-0.05, 0) is 32.4 Å². The van der Waals surface area contributed by atoms with E-state index in [9.17, 15) is 9.59 Å². The second-order valence-electron chi connectivity index (χ2n) is 5.18. The maximum absolute atomic E-state index is 11.9. The van der Waals surface area contributed by atoms with Gasteiger partial charge in [-0.25, -0.2) is 0 Å². The molecule has 0 aliphatic heterocycles. The summed E-state index contributed by atoms with van der Waals surface area (Å²) in [6.07, 6.45) is -0.0445. The molecule has 5 heteroatoms. The van der Waals surface area contributed by atoms with Crippen molar-refractivity contribution in [2.45, 2.75) is 33.2 Å². The third kappa shape index (κ3) is 4.35. The molecule has 2 N–H and O–H groups in total. The van der Waals surface area contributed by atoms with Crippen LogP contribution in [0.4, 0.5) is 0 Å². The Morgan fingerprint density at radius 2 is 1.95 bits per heavy atom. The number of aliphatic carboxylic acids is 1. The van der Waals surface area contributed by atoms with E-state index in [1.54, 1.807) is 0 Å². The highest BCUT2D eigenvalue weighted by molar-refractivity contribution is 9.10. The van der Waals surface area contributed by atoms with Crippen LogP contribution in [0, 0.1) is 5.41 Å². The molecule has 0 radical (unpaired) electrons. The average Bonchev–Trinajstić information content (AvgIpc) is 2.28. The molecule has 0 saturated heterocycles. The Bertz CT molecular complexity index is 485. The van der Waals surface area contributed by atoms with Crippen LogP contribution in [0.15, 0.2) is 28.7 Å². The van der Waals surface area contributed by atoms with Gasteiger partial charge in [0.25, 0.3) is 0 Å². The van der Waals surface area contributed by atoms with E-state index in [-0.39, 0.29) is 18.4 Å². The molecule has 0 fully saturated rings. The molecule has 0 saturated carbocycles. The van der Waals surface area contributed by atoms with Gasteiger partial charge in [0.1, 0.15) is 0 Å². The second kappa shape index (κ2) is 6.19. The van der Waals surface area contributed by atoms with Gasteiger partial charge in [-0.3, -0.25) is 9.59 Å². The van der Waals surface area contributed by atoms with Gasteiger partial charge in [-0.1, -0.05) is 34.1 Å². The normalized spacial score (nSPS) is 12.8. The average molecular weight is 328 g/mol. The van der Waals surface area contributed by atoms with E-state index in [0.717, 1.165) is 10.0 Å². The first-order valence-corrected chi connectivity index (χ1v) is 6.80. The molecule has 1 atom stereocenters. The van der Waals surface area contributed by atoms with Crippen LogP contribution in [0.25, 0.3) is 0 Å². The molecule has 0 aliphatic rings. The van der Waals surface area contributed by atoms with E-state index in [4.69, 9.17) is 5.11 Å². The van der Waals surface area contributed by atoms with Crippen LogP contribution in [0.5, 0.6) is 0 Å². The van der Waals surface area contributed by atoms with E-state index in [0.29, 0.717) is 0 Å². The molecule has 0 aromatic heterocycles. The van der Waals surface area contributed by atoms with Crippen molar-refractivity contribution in [3.63, 3.8) is 0 Å². The molecule has 0 spiro atoms. The Morgan fingerprint density at radius 1 is 1.37 bits per heavy atom. The lowest BCUT2D eigenvalue weighted by atomic mass is 9.89. The van der Waals surface area contributed by atoms with Crippen LogP contribution in [-0.4, -0.2) is 17.0 Å². The molecule has 0 heterocycles. The smallest absolute Gasteiger partial charge is 0.309 e. The fraction of sp³-hybridized carbons (Fsp3) is 0.429. The minimum absolute atomic E-state index is 0.0445. The highest BCUT2D eigenvalue weighted by atomic mass is 79.9. The van der Waals surface area contributed by atoms with E-state index in [2.05, 4.69) is 21.2 Å². The van der Waals surface area contributed by atoms with Crippen LogP contribution < -0.4 is 5.32 Å². The van der Waals surface area contributed by atoms with Gasteiger partial charge >= 0.3 is 5.97 Å². The number of carbonyl (C=O) groups excluding carboxylic acids is 1. The quantitative estimate of drug-likeness (QED) is 0.873. The lowest BCUT2D eigenvalue weighted by Gasteiger charge is -2.21. The van der Waals surface area contributed by atoms with Gasteiger partial charge in [0, 0.05) is 10.9 Å². The lowest BCUT2D eigenvalue weighted by molar-refractivity contribution is -0.149. The summed E-state index contributed by atoms with van der Waals surface area (Å²) in [7, 11) is 0. The molecule has 0 bridgehead atoms. The number of hydrogen-bond donors (Lipinski definition) is 2. The molecule has 0 aliphatic carbocycles. The molecule has 1 aromatic rings. The van der Waals surface area contributed by atoms with Gasteiger partial charge in [-0.15, -0.1) is 0 Å². The molecule has 4 nitrogen and oxygen atoms in total. The molecule has 104 valence electrons. The van der Waals surface area contributed by atoms with Gasteiger partial charge < -0.3 is 10.4 Å².